The third kappa shape index (κ3) is 2.68. The van der Waals surface area contributed by atoms with Gasteiger partial charge in [-0.1, -0.05) is 6.07 Å². The zero-order valence-corrected chi connectivity index (χ0v) is 11.4. The van der Waals surface area contributed by atoms with Gasteiger partial charge >= 0.3 is 0 Å². The number of carbonyl (C=O) groups excluding carboxylic acids is 1. The number of nitrogens with two attached hydrogens (primary N) is 1. The highest BCUT2D eigenvalue weighted by Gasteiger charge is 2.10. The van der Waals surface area contributed by atoms with E-state index in [0.717, 1.165) is 10.0 Å². The number of amides is 1. The molecule has 1 aromatic carbocycles. The fourth-order valence-electron chi connectivity index (χ4n) is 1.54. The minimum absolute atomic E-state index is 0.241. The third-order valence-electron chi connectivity index (χ3n) is 2.48. The summed E-state index contributed by atoms with van der Waals surface area (Å²) in [5.41, 5.74) is 8.22. The molecular weight excluding hydrogens is 294 g/mol. The normalized spacial score (nSPS) is 10.1. The van der Waals surface area contributed by atoms with E-state index in [4.69, 9.17) is 5.73 Å². The van der Waals surface area contributed by atoms with Crippen molar-refractivity contribution in [3.63, 3.8) is 0 Å². The molecule has 2 aromatic rings. The molecule has 0 atom stereocenters. The lowest BCUT2D eigenvalue weighted by molar-refractivity contribution is 0.102. The van der Waals surface area contributed by atoms with Crippen LogP contribution in [0.15, 0.2) is 41.0 Å². The molecule has 1 heterocycles. The van der Waals surface area contributed by atoms with Crippen LogP contribution in [0.5, 0.6) is 0 Å². The SMILES string of the molecule is Cc1cccnc1C(=O)Nc1ccc(Br)c(N)c1. The first-order valence-corrected chi connectivity index (χ1v) is 6.15. The largest absolute Gasteiger partial charge is 0.398 e. The predicted octanol–water partition coefficient (Wildman–Crippen LogP) is 2.99. The van der Waals surface area contributed by atoms with Crippen LogP contribution in [0.1, 0.15) is 16.1 Å². The maximum absolute atomic E-state index is 12.0. The summed E-state index contributed by atoms with van der Waals surface area (Å²) in [6.07, 6.45) is 1.60. The second kappa shape index (κ2) is 5.18. The van der Waals surface area contributed by atoms with Gasteiger partial charge in [0.15, 0.2) is 0 Å². The van der Waals surface area contributed by atoms with Crippen LogP contribution in [0.4, 0.5) is 11.4 Å². The van der Waals surface area contributed by atoms with Gasteiger partial charge in [-0.25, -0.2) is 0 Å². The van der Waals surface area contributed by atoms with Gasteiger partial charge in [0.25, 0.3) is 5.91 Å². The van der Waals surface area contributed by atoms with Crippen LogP contribution in [-0.4, -0.2) is 10.9 Å². The van der Waals surface area contributed by atoms with Crippen LogP contribution in [0.3, 0.4) is 0 Å². The van der Waals surface area contributed by atoms with Gasteiger partial charge < -0.3 is 11.1 Å². The maximum atomic E-state index is 12.0. The van der Waals surface area contributed by atoms with Crippen LogP contribution in [-0.2, 0) is 0 Å². The van der Waals surface area contributed by atoms with Gasteiger partial charge in [0.1, 0.15) is 5.69 Å². The number of halogens is 1. The summed E-state index contributed by atoms with van der Waals surface area (Å²) in [6, 6.07) is 8.90. The van der Waals surface area contributed by atoms with Crippen molar-refractivity contribution in [1.29, 1.82) is 0 Å². The van der Waals surface area contributed by atoms with Gasteiger partial charge in [-0.2, -0.15) is 0 Å². The summed E-state index contributed by atoms with van der Waals surface area (Å²) < 4.78 is 0.800. The summed E-state index contributed by atoms with van der Waals surface area (Å²) in [6.45, 7) is 1.85. The number of pyridine rings is 1. The first-order valence-electron chi connectivity index (χ1n) is 5.36. The average molecular weight is 306 g/mol. The Hall–Kier alpha value is -1.88. The Balaban J connectivity index is 2.22. The van der Waals surface area contributed by atoms with Crippen molar-refractivity contribution in [2.24, 2.45) is 0 Å². The molecule has 0 fully saturated rings. The molecule has 18 heavy (non-hydrogen) atoms. The number of nitrogens with one attached hydrogen (secondary N) is 1. The van der Waals surface area contributed by atoms with Gasteiger partial charge in [0.05, 0.1) is 0 Å². The van der Waals surface area contributed by atoms with E-state index in [9.17, 15) is 4.79 Å². The summed E-state index contributed by atoms with van der Waals surface area (Å²) in [5.74, 6) is -0.241. The zero-order chi connectivity index (χ0) is 13.1. The number of nitrogens with zero attached hydrogens (tertiary/aromatic N) is 1. The molecule has 0 saturated carbocycles. The lowest BCUT2D eigenvalue weighted by Gasteiger charge is -2.07. The number of hydrogen-bond donors (Lipinski definition) is 2. The van der Waals surface area contributed by atoms with E-state index in [1.165, 1.54) is 0 Å². The molecule has 92 valence electrons. The molecule has 3 N–H and O–H groups in total. The number of aryl methyl sites for hydroxylation is 1. The minimum Gasteiger partial charge on any atom is -0.398 e. The number of rotatable bonds is 2. The fourth-order valence-corrected chi connectivity index (χ4v) is 1.78. The Bertz CT molecular complexity index is 599. The molecule has 0 aliphatic rings. The summed E-state index contributed by atoms with van der Waals surface area (Å²) >= 11 is 3.30. The van der Waals surface area contributed by atoms with Crippen molar-refractivity contribution in [1.82, 2.24) is 4.98 Å². The summed E-state index contributed by atoms with van der Waals surface area (Å²) in [5, 5.41) is 2.76. The molecule has 0 bridgehead atoms. The van der Waals surface area contributed by atoms with Crippen molar-refractivity contribution in [3.8, 4) is 0 Å². The summed E-state index contributed by atoms with van der Waals surface area (Å²) in [7, 11) is 0. The molecule has 0 aliphatic carbocycles. The molecule has 2 rings (SSSR count). The van der Waals surface area contributed by atoms with Gasteiger partial charge in [0, 0.05) is 22.0 Å². The first-order chi connectivity index (χ1) is 8.58. The van der Waals surface area contributed by atoms with Gasteiger partial charge in [-0.15, -0.1) is 0 Å². The number of benzene rings is 1. The van der Waals surface area contributed by atoms with Crippen molar-refractivity contribution < 1.29 is 4.79 Å². The van der Waals surface area contributed by atoms with Crippen LogP contribution >= 0.6 is 15.9 Å². The molecular formula is C13H12BrN3O. The van der Waals surface area contributed by atoms with E-state index in [1.807, 2.05) is 13.0 Å². The monoisotopic (exact) mass is 305 g/mol. The molecule has 5 heteroatoms. The van der Waals surface area contributed by atoms with Crippen LogP contribution in [0.2, 0.25) is 0 Å². The molecule has 0 radical (unpaired) electrons. The average Bonchev–Trinajstić information content (AvgIpc) is 2.34. The second-order valence-electron chi connectivity index (χ2n) is 3.86. The van der Waals surface area contributed by atoms with E-state index in [-0.39, 0.29) is 5.91 Å². The molecule has 1 amide bonds. The van der Waals surface area contributed by atoms with E-state index >= 15 is 0 Å². The standard InChI is InChI=1S/C13H12BrN3O/c1-8-3-2-6-16-12(8)13(18)17-9-4-5-10(14)11(15)7-9/h2-7H,15H2,1H3,(H,17,18). The highest BCUT2D eigenvalue weighted by Crippen LogP contribution is 2.23. The van der Waals surface area contributed by atoms with Gasteiger partial charge in [-0.3, -0.25) is 9.78 Å². The van der Waals surface area contributed by atoms with E-state index < -0.39 is 0 Å². The molecule has 1 aromatic heterocycles. The van der Waals surface area contributed by atoms with Gasteiger partial charge in [-0.05, 0) is 52.7 Å². The zero-order valence-electron chi connectivity index (χ0n) is 9.77. The first kappa shape index (κ1) is 12.6. The van der Waals surface area contributed by atoms with Crippen LogP contribution in [0.25, 0.3) is 0 Å². The number of carbonyl (C=O) groups is 1. The van der Waals surface area contributed by atoms with Crippen LogP contribution < -0.4 is 11.1 Å². The lowest BCUT2D eigenvalue weighted by Crippen LogP contribution is -2.15. The topological polar surface area (TPSA) is 68.0 Å². The second-order valence-corrected chi connectivity index (χ2v) is 4.71. The predicted molar refractivity (Wildman–Crippen MR) is 75.5 cm³/mol. The Kier molecular flexibility index (Phi) is 3.62. The molecule has 0 aliphatic heterocycles. The van der Waals surface area contributed by atoms with Crippen molar-refractivity contribution in [2.45, 2.75) is 6.92 Å². The lowest BCUT2D eigenvalue weighted by atomic mass is 10.2. The molecule has 0 saturated heterocycles. The quantitative estimate of drug-likeness (QED) is 0.838. The highest BCUT2D eigenvalue weighted by atomic mass is 79.9. The Morgan fingerprint density at radius 1 is 1.39 bits per heavy atom. The number of aromatic nitrogens is 1. The Morgan fingerprint density at radius 3 is 2.83 bits per heavy atom. The Labute approximate surface area is 113 Å². The van der Waals surface area contributed by atoms with Crippen LogP contribution in [0, 0.1) is 6.92 Å². The summed E-state index contributed by atoms with van der Waals surface area (Å²) in [4.78, 5) is 16.1. The molecule has 0 spiro atoms. The van der Waals surface area contributed by atoms with Crippen molar-refractivity contribution in [3.05, 3.63) is 52.3 Å². The van der Waals surface area contributed by atoms with Crippen molar-refractivity contribution in [2.75, 3.05) is 11.1 Å². The number of nitrogen functional groups attached to an aromatic ring is 1. The third-order valence-corrected chi connectivity index (χ3v) is 3.20. The van der Waals surface area contributed by atoms with E-state index in [2.05, 4.69) is 26.2 Å². The highest BCUT2D eigenvalue weighted by molar-refractivity contribution is 9.10. The smallest absolute Gasteiger partial charge is 0.274 e. The minimum atomic E-state index is -0.241. The maximum Gasteiger partial charge on any atom is 0.274 e. The molecule has 0 unspecified atom stereocenters. The number of anilines is 2. The fraction of sp³-hybridized carbons (Fsp3) is 0.0769. The Morgan fingerprint density at radius 2 is 2.17 bits per heavy atom. The van der Waals surface area contributed by atoms with Gasteiger partial charge in [0.2, 0.25) is 0 Å². The number of hydrogen-bond acceptors (Lipinski definition) is 3. The van der Waals surface area contributed by atoms with E-state index in [1.54, 1.807) is 30.5 Å². The van der Waals surface area contributed by atoms with Crippen molar-refractivity contribution >= 4 is 33.2 Å². The van der Waals surface area contributed by atoms with E-state index in [0.29, 0.717) is 17.1 Å². The molecule has 4 nitrogen and oxygen atoms in total.